The Morgan fingerprint density at radius 2 is 1.95 bits per heavy atom. The Bertz CT molecular complexity index is 538. The second-order valence-electron chi connectivity index (χ2n) is 4.55. The van der Waals surface area contributed by atoms with Crippen molar-refractivity contribution in [2.24, 2.45) is 0 Å². The third-order valence-corrected chi connectivity index (χ3v) is 4.74. The third kappa shape index (κ3) is 4.79. The molecule has 114 valence electrons. The van der Waals surface area contributed by atoms with Gasteiger partial charge in [-0.3, -0.25) is 0 Å². The Kier molecular flexibility index (Phi) is 5.59. The van der Waals surface area contributed by atoms with Crippen molar-refractivity contribution in [1.82, 2.24) is 0 Å². The first-order chi connectivity index (χ1) is 9.16. The molecule has 1 atom stereocenters. The van der Waals surface area contributed by atoms with Crippen molar-refractivity contribution in [2.45, 2.75) is 43.4 Å². The van der Waals surface area contributed by atoms with Crippen LogP contribution in [0, 0.1) is 0 Å². The summed E-state index contributed by atoms with van der Waals surface area (Å²) in [6, 6.07) is 3.71. The van der Waals surface area contributed by atoms with Crippen LogP contribution in [0.5, 0.6) is 0 Å². The lowest BCUT2D eigenvalue weighted by Gasteiger charge is -2.10. The van der Waals surface area contributed by atoms with E-state index in [0.29, 0.717) is 18.9 Å². The van der Waals surface area contributed by atoms with Crippen LogP contribution < -0.4 is 0 Å². The molecule has 20 heavy (non-hydrogen) atoms. The summed E-state index contributed by atoms with van der Waals surface area (Å²) in [5.41, 5.74) is -0.979. The van der Waals surface area contributed by atoms with Gasteiger partial charge in [0.1, 0.15) is 0 Å². The van der Waals surface area contributed by atoms with Crippen molar-refractivity contribution in [1.29, 1.82) is 0 Å². The van der Waals surface area contributed by atoms with Crippen molar-refractivity contribution < 1.29 is 26.7 Å². The van der Waals surface area contributed by atoms with Gasteiger partial charge in [-0.25, -0.2) is 8.42 Å². The smallest absolute Gasteiger partial charge is 0.393 e. The van der Waals surface area contributed by atoms with Crippen LogP contribution in [0.4, 0.5) is 13.2 Å². The Morgan fingerprint density at radius 3 is 2.50 bits per heavy atom. The van der Waals surface area contributed by atoms with Crippen LogP contribution in [0.2, 0.25) is 0 Å². The number of rotatable bonds is 6. The van der Waals surface area contributed by atoms with Crippen LogP contribution in [0.3, 0.4) is 0 Å². The molecule has 0 aromatic heterocycles. The number of halogens is 3. The number of aliphatic hydroxyl groups excluding tert-OH is 1. The van der Waals surface area contributed by atoms with Crippen LogP contribution in [-0.4, -0.2) is 25.4 Å². The van der Waals surface area contributed by atoms with E-state index in [1.807, 2.05) is 0 Å². The molecule has 0 saturated carbocycles. The molecule has 7 heteroatoms. The van der Waals surface area contributed by atoms with Gasteiger partial charge in [-0.05, 0) is 37.5 Å². The summed E-state index contributed by atoms with van der Waals surface area (Å²) in [6.45, 7) is 1.77. The van der Waals surface area contributed by atoms with Gasteiger partial charge in [0, 0.05) is 0 Å². The number of benzene rings is 1. The largest absolute Gasteiger partial charge is 0.416 e. The average molecular weight is 310 g/mol. The van der Waals surface area contributed by atoms with E-state index in [1.54, 1.807) is 6.92 Å². The Hall–Kier alpha value is -1.08. The fourth-order valence-corrected chi connectivity index (χ4v) is 3.07. The van der Waals surface area contributed by atoms with E-state index in [9.17, 15) is 26.7 Å². The molecule has 1 aromatic rings. The molecule has 1 unspecified atom stereocenters. The quantitative estimate of drug-likeness (QED) is 0.878. The molecule has 0 aliphatic carbocycles. The summed E-state index contributed by atoms with van der Waals surface area (Å²) in [5.74, 6) is -0.272. The summed E-state index contributed by atoms with van der Waals surface area (Å²) in [7, 11) is -3.76. The van der Waals surface area contributed by atoms with Gasteiger partial charge in [0.05, 0.1) is 22.3 Å². The minimum Gasteiger partial charge on any atom is -0.393 e. The molecule has 1 aromatic carbocycles. The molecule has 0 heterocycles. The maximum absolute atomic E-state index is 12.5. The Balaban J connectivity index is 2.83. The van der Waals surface area contributed by atoms with Gasteiger partial charge in [-0.2, -0.15) is 13.2 Å². The average Bonchev–Trinajstić information content (AvgIpc) is 2.37. The molecule has 3 nitrogen and oxygen atoms in total. The molecule has 1 rings (SSSR count). The number of sulfone groups is 1. The maximum Gasteiger partial charge on any atom is 0.416 e. The SMILES string of the molecule is CCC(O)CCCS(=O)(=O)c1cccc(C(F)(F)F)c1. The van der Waals surface area contributed by atoms with E-state index in [-0.39, 0.29) is 17.1 Å². The zero-order chi connectivity index (χ0) is 15.4. The molecule has 0 saturated heterocycles. The molecule has 0 aliphatic heterocycles. The highest BCUT2D eigenvalue weighted by atomic mass is 32.2. The topological polar surface area (TPSA) is 54.4 Å². The van der Waals surface area contributed by atoms with Crippen molar-refractivity contribution in [3.8, 4) is 0 Å². The van der Waals surface area contributed by atoms with Gasteiger partial charge in [-0.1, -0.05) is 13.0 Å². The normalized spacial score (nSPS) is 14.2. The zero-order valence-corrected chi connectivity index (χ0v) is 11.8. The summed E-state index contributed by atoms with van der Waals surface area (Å²) in [4.78, 5) is -0.335. The highest BCUT2D eigenvalue weighted by molar-refractivity contribution is 7.91. The highest BCUT2D eigenvalue weighted by Gasteiger charge is 2.31. The van der Waals surface area contributed by atoms with Crippen molar-refractivity contribution in [3.63, 3.8) is 0 Å². The van der Waals surface area contributed by atoms with Crippen molar-refractivity contribution in [3.05, 3.63) is 29.8 Å². The first-order valence-electron chi connectivity index (χ1n) is 6.25. The fourth-order valence-electron chi connectivity index (χ4n) is 1.70. The lowest BCUT2D eigenvalue weighted by Crippen LogP contribution is -2.12. The minimum absolute atomic E-state index is 0.216. The lowest BCUT2D eigenvalue weighted by atomic mass is 10.2. The molecule has 0 radical (unpaired) electrons. The van der Waals surface area contributed by atoms with Crippen LogP contribution in [-0.2, 0) is 16.0 Å². The second kappa shape index (κ2) is 6.58. The maximum atomic E-state index is 12.5. The number of hydrogen-bond acceptors (Lipinski definition) is 3. The van der Waals surface area contributed by atoms with Crippen LogP contribution in [0.1, 0.15) is 31.7 Å². The summed E-state index contributed by atoms with van der Waals surface area (Å²) < 4.78 is 61.5. The van der Waals surface area contributed by atoms with E-state index >= 15 is 0 Å². The third-order valence-electron chi connectivity index (χ3n) is 2.94. The van der Waals surface area contributed by atoms with Crippen LogP contribution in [0.15, 0.2) is 29.2 Å². The first-order valence-corrected chi connectivity index (χ1v) is 7.90. The fraction of sp³-hybridized carbons (Fsp3) is 0.538. The van der Waals surface area contributed by atoms with Crippen LogP contribution >= 0.6 is 0 Å². The van der Waals surface area contributed by atoms with Crippen molar-refractivity contribution >= 4 is 9.84 Å². The van der Waals surface area contributed by atoms with E-state index in [2.05, 4.69) is 0 Å². The van der Waals surface area contributed by atoms with Crippen LogP contribution in [0.25, 0.3) is 0 Å². The molecule has 0 fully saturated rings. The monoisotopic (exact) mass is 310 g/mol. The second-order valence-corrected chi connectivity index (χ2v) is 6.66. The molecule has 0 aliphatic rings. The van der Waals surface area contributed by atoms with E-state index in [4.69, 9.17) is 0 Å². The van der Waals surface area contributed by atoms with Gasteiger partial charge < -0.3 is 5.11 Å². The van der Waals surface area contributed by atoms with Gasteiger partial charge in [-0.15, -0.1) is 0 Å². The van der Waals surface area contributed by atoms with Crippen molar-refractivity contribution in [2.75, 3.05) is 5.75 Å². The summed E-state index contributed by atoms with van der Waals surface area (Å²) in [5, 5.41) is 9.33. The summed E-state index contributed by atoms with van der Waals surface area (Å²) in [6.07, 6.45) is -4.10. The minimum atomic E-state index is -4.57. The number of aliphatic hydroxyl groups is 1. The van der Waals surface area contributed by atoms with Gasteiger partial charge in [0.15, 0.2) is 9.84 Å². The van der Waals surface area contributed by atoms with E-state index in [1.165, 1.54) is 0 Å². The first kappa shape index (κ1) is 17.0. The standard InChI is InChI=1S/C13H17F3O3S/c1-2-11(17)6-4-8-20(18,19)12-7-3-5-10(9-12)13(14,15)16/h3,5,7,9,11,17H,2,4,6,8H2,1H3. The molecular weight excluding hydrogens is 293 g/mol. The number of hydrogen-bond donors (Lipinski definition) is 1. The van der Waals surface area contributed by atoms with E-state index in [0.717, 1.165) is 18.2 Å². The van der Waals surface area contributed by atoms with Gasteiger partial charge >= 0.3 is 6.18 Å². The predicted octanol–water partition coefficient (Wildman–Crippen LogP) is 3.03. The van der Waals surface area contributed by atoms with Gasteiger partial charge in [0.2, 0.25) is 0 Å². The zero-order valence-electron chi connectivity index (χ0n) is 11.0. The Labute approximate surface area is 116 Å². The number of alkyl halides is 3. The molecule has 0 bridgehead atoms. The Morgan fingerprint density at radius 1 is 1.30 bits per heavy atom. The lowest BCUT2D eigenvalue weighted by molar-refractivity contribution is -0.137. The van der Waals surface area contributed by atoms with E-state index < -0.39 is 27.7 Å². The predicted molar refractivity (Wildman–Crippen MR) is 69.0 cm³/mol. The molecule has 0 spiro atoms. The summed E-state index contributed by atoms with van der Waals surface area (Å²) >= 11 is 0. The molecule has 1 N–H and O–H groups in total. The van der Waals surface area contributed by atoms with Gasteiger partial charge in [0.25, 0.3) is 0 Å². The molecule has 0 amide bonds. The highest BCUT2D eigenvalue weighted by Crippen LogP contribution is 2.30. The molecular formula is C13H17F3O3S.